The Labute approximate surface area is 105 Å². The van der Waals surface area contributed by atoms with Gasteiger partial charge >= 0.3 is 6.18 Å². The summed E-state index contributed by atoms with van der Waals surface area (Å²) in [6.45, 7) is 3.37. The van der Waals surface area contributed by atoms with Gasteiger partial charge in [-0.25, -0.2) is 0 Å². The van der Waals surface area contributed by atoms with Gasteiger partial charge in [-0.1, -0.05) is 13.3 Å². The summed E-state index contributed by atoms with van der Waals surface area (Å²) in [6.07, 6.45) is -5.34. The number of amides is 1. The van der Waals surface area contributed by atoms with E-state index in [1.807, 2.05) is 6.92 Å². The topological polar surface area (TPSA) is 52.6 Å². The van der Waals surface area contributed by atoms with Crippen LogP contribution >= 0.6 is 0 Å². The number of hydrogen-bond donors (Lipinski definition) is 2. The molecule has 18 heavy (non-hydrogen) atoms. The highest BCUT2D eigenvalue weighted by Gasteiger charge is 2.39. The molecule has 2 N–H and O–H groups in total. The van der Waals surface area contributed by atoms with Crippen LogP contribution in [-0.4, -0.2) is 54.4 Å². The van der Waals surface area contributed by atoms with E-state index in [9.17, 15) is 18.0 Å². The van der Waals surface area contributed by atoms with Crippen molar-refractivity contribution in [3.05, 3.63) is 0 Å². The molecule has 0 aliphatic heterocycles. The van der Waals surface area contributed by atoms with Crippen LogP contribution in [0.15, 0.2) is 0 Å². The molecule has 0 aromatic carbocycles. The van der Waals surface area contributed by atoms with Gasteiger partial charge in [0, 0.05) is 13.1 Å². The van der Waals surface area contributed by atoms with Crippen molar-refractivity contribution in [3.8, 4) is 0 Å². The summed E-state index contributed by atoms with van der Waals surface area (Å²) >= 11 is 0. The fourth-order valence-corrected chi connectivity index (χ4v) is 1.27. The summed E-state index contributed by atoms with van der Waals surface area (Å²) in [5.41, 5.74) is 0. The molecule has 0 saturated heterocycles. The summed E-state index contributed by atoms with van der Waals surface area (Å²) < 4.78 is 36.4. The minimum Gasteiger partial charge on any atom is -0.382 e. The average molecular weight is 270 g/mol. The summed E-state index contributed by atoms with van der Waals surface area (Å²) in [5, 5.41) is 11.5. The van der Waals surface area contributed by atoms with E-state index in [-0.39, 0.29) is 5.91 Å². The zero-order valence-corrected chi connectivity index (χ0v) is 10.9. The van der Waals surface area contributed by atoms with Gasteiger partial charge in [0.2, 0.25) is 5.91 Å². The van der Waals surface area contributed by atoms with Crippen molar-refractivity contribution in [1.29, 1.82) is 0 Å². The second-order valence-corrected chi connectivity index (χ2v) is 4.32. The highest BCUT2D eigenvalue weighted by molar-refractivity contribution is 5.81. The number of hydrogen-bond acceptors (Lipinski definition) is 3. The molecule has 0 aliphatic carbocycles. The average Bonchev–Trinajstić information content (AvgIpc) is 2.26. The zero-order chi connectivity index (χ0) is 14.3. The van der Waals surface area contributed by atoms with Gasteiger partial charge < -0.3 is 10.4 Å². The van der Waals surface area contributed by atoms with E-state index >= 15 is 0 Å². The minimum atomic E-state index is -4.66. The zero-order valence-electron chi connectivity index (χ0n) is 10.9. The molecule has 0 spiro atoms. The van der Waals surface area contributed by atoms with Crippen molar-refractivity contribution >= 4 is 5.91 Å². The van der Waals surface area contributed by atoms with Crippen molar-refractivity contribution < 1.29 is 23.1 Å². The number of alkyl halides is 3. The molecule has 2 atom stereocenters. The molecule has 0 radical (unpaired) electrons. The summed E-state index contributed by atoms with van der Waals surface area (Å²) in [6, 6.07) is -0.709. The van der Waals surface area contributed by atoms with Gasteiger partial charge in [-0.05, 0) is 20.4 Å². The third kappa shape index (κ3) is 6.20. The van der Waals surface area contributed by atoms with E-state index in [0.29, 0.717) is 6.54 Å². The number of unbranched alkanes of at least 4 members (excludes halogenated alkanes) is 1. The molecule has 0 aromatic heterocycles. The number of halogens is 3. The second-order valence-electron chi connectivity index (χ2n) is 4.32. The first-order valence-electron chi connectivity index (χ1n) is 5.92. The monoisotopic (exact) mass is 270 g/mol. The van der Waals surface area contributed by atoms with Crippen molar-refractivity contribution in [1.82, 2.24) is 10.2 Å². The molecule has 0 bridgehead atoms. The second kappa shape index (κ2) is 7.58. The fraction of sp³-hybridized carbons (Fsp3) is 0.909. The Hall–Kier alpha value is -0.820. The summed E-state index contributed by atoms with van der Waals surface area (Å²) in [4.78, 5) is 12.8. The van der Waals surface area contributed by atoms with E-state index in [0.717, 1.165) is 12.8 Å². The third-order valence-electron chi connectivity index (χ3n) is 2.71. The van der Waals surface area contributed by atoms with Crippen LogP contribution in [0.2, 0.25) is 0 Å². The lowest BCUT2D eigenvalue weighted by Crippen LogP contribution is -2.48. The Balaban J connectivity index is 4.16. The van der Waals surface area contributed by atoms with Crippen LogP contribution in [0.25, 0.3) is 0 Å². The number of aliphatic hydroxyl groups is 1. The molecule has 0 fully saturated rings. The van der Waals surface area contributed by atoms with Crippen molar-refractivity contribution in [2.75, 3.05) is 20.1 Å². The SMILES string of the molecule is CCCCNC(=O)C(C)N(C)CC(O)C(F)(F)F. The standard InChI is InChI=1S/C11H21F3N2O2/c1-4-5-6-15-10(18)8(2)16(3)7-9(17)11(12,13)14/h8-9,17H,4-7H2,1-3H3,(H,15,18). The molecule has 0 aliphatic rings. The maximum absolute atomic E-state index is 12.1. The van der Waals surface area contributed by atoms with Gasteiger partial charge in [0.05, 0.1) is 6.04 Å². The number of rotatable bonds is 7. The molecular formula is C11H21F3N2O2. The van der Waals surface area contributed by atoms with E-state index in [1.54, 1.807) is 0 Å². The van der Waals surface area contributed by atoms with Crippen molar-refractivity contribution in [2.45, 2.75) is 45.0 Å². The molecule has 0 rings (SSSR count). The molecule has 2 unspecified atom stereocenters. The Morgan fingerprint density at radius 3 is 2.44 bits per heavy atom. The molecule has 1 amide bonds. The normalized spacial score (nSPS) is 15.6. The predicted molar refractivity (Wildman–Crippen MR) is 62.1 cm³/mol. The smallest absolute Gasteiger partial charge is 0.382 e. The number of carbonyl (C=O) groups excluding carboxylic acids is 1. The Morgan fingerprint density at radius 1 is 1.44 bits per heavy atom. The van der Waals surface area contributed by atoms with Gasteiger partial charge in [-0.3, -0.25) is 9.69 Å². The number of aliphatic hydroxyl groups excluding tert-OH is 1. The molecule has 108 valence electrons. The fourth-order valence-electron chi connectivity index (χ4n) is 1.27. The first kappa shape index (κ1) is 17.2. The Kier molecular flexibility index (Phi) is 7.23. The number of carbonyl (C=O) groups is 1. The molecule has 0 aromatic rings. The number of nitrogens with zero attached hydrogens (tertiary/aromatic N) is 1. The highest BCUT2D eigenvalue weighted by atomic mass is 19.4. The largest absolute Gasteiger partial charge is 0.415 e. The summed E-state index contributed by atoms with van der Waals surface area (Å²) in [5.74, 6) is -0.333. The van der Waals surface area contributed by atoms with E-state index in [4.69, 9.17) is 5.11 Å². The van der Waals surface area contributed by atoms with Crippen LogP contribution in [0.4, 0.5) is 13.2 Å². The predicted octanol–water partition coefficient (Wildman–Crippen LogP) is 1.15. The van der Waals surface area contributed by atoms with Crippen LogP contribution in [0.1, 0.15) is 26.7 Å². The van der Waals surface area contributed by atoms with Crippen LogP contribution in [-0.2, 0) is 4.79 Å². The molecule has 7 heteroatoms. The summed E-state index contributed by atoms with van der Waals surface area (Å²) in [7, 11) is 1.37. The van der Waals surface area contributed by atoms with Crippen LogP contribution in [0.5, 0.6) is 0 Å². The molecule has 0 saturated carbocycles. The first-order chi connectivity index (χ1) is 8.20. The first-order valence-corrected chi connectivity index (χ1v) is 5.92. The van der Waals surface area contributed by atoms with E-state index in [1.165, 1.54) is 18.9 Å². The quantitative estimate of drug-likeness (QED) is 0.682. The van der Waals surface area contributed by atoms with E-state index in [2.05, 4.69) is 5.32 Å². The lowest BCUT2D eigenvalue weighted by atomic mass is 10.2. The van der Waals surface area contributed by atoms with Crippen molar-refractivity contribution in [3.63, 3.8) is 0 Å². The Morgan fingerprint density at radius 2 is 2.00 bits per heavy atom. The van der Waals surface area contributed by atoms with Gasteiger partial charge in [0.15, 0.2) is 6.10 Å². The Bertz CT molecular complexity index is 259. The molecule has 0 heterocycles. The number of likely N-dealkylation sites (N-methyl/N-ethyl adjacent to an activating group) is 1. The molecular weight excluding hydrogens is 249 g/mol. The third-order valence-corrected chi connectivity index (χ3v) is 2.71. The highest BCUT2D eigenvalue weighted by Crippen LogP contribution is 2.20. The minimum absolute atomic E-state index is 0.333. The van der Waals surface area contributed by atoms with Crippen LogP contribution < -0.4 is 5.32 Å². The number of nitrogens with one attached hydrogen (secondary N) is 1. The van der Waals surface area contributed by atoms with Gasteiger partial charge in [-0.15, -0.1) is 0 Å². The van der Waals surface area contributed by atoms with Crippen LogP contribution in [0, 0.1) is 0 Å². The maximum Gasteiger partial charge on any atom is 0.415 e. The van der Waals surface area contributed by atoms with Gasteiger partial charge in [0.1, 0.15) is 0 Å². The van der Waals surface area contributed by atoms with E-state index < -0.39 is 24.9 Å². The van der Waals surface area contributed by atoms with Crippen LogP contribution in [0.3, 0.4) is 0 Å². The van der Waals surface area contributed by atoms with Gasteiger partial charge in [-0.2, -0.15) is 13.2 Å². The molecule has 4 nitrogen and oxygen atoms in total. The van der Waals surface area contributed by atoms with Gasteiger partial charge in [0.25, 0.3) is 0 Å². The lowest BCUT2D eigenvalue weighted by molar-refractivity contribution is -0.208. The maximum atomic E-state index is 12.1. The van der Waals surface area contributed by atoms with Crippen molar-refractivity contribution in [2.24, 2.45) is 0 Å². The lowest BCUT2D eigenvalue weighted by Gasteiger charge is -2.27.